The molecule has 144 valence electrons. The van der Waals surface area contributed by atoms with Crippen molar-refractivity contribution in [2.75, 3.05) is 17.2 Å². The van der Waals surface area contributed by atoms with Crippen LogP contribution in [0.4, 0.5) is 11.5 Å². The Hall–Kier alpha value is -3.74. The Morgan fingerprint density at radius 3 is 2.79 bits per heavy atom. The van der Waals surface area contributed by atoms with Crippen LogP contribution in [0.25, 0.3) is 22.3 Å². The smallest absolute Gasteiger partial charge is 0.231 e. The highest BCUT2D eigenvalue weighted by molar-refractivity contribution is 6.00. The van der Waals surface area contributed by atoms with Crippen molar-refractivity contribution in [3.8, 4) is 11.3 Å². The average Bonchev–Trinajstić information content (AvgIpc) is 3.30. The molecule has 2 N–H and O–H groups in total. The van der Waals surface area contributed by atoms with E-state index in [2.05, 4.69) is 21.1 Å². The van der Waals surface area contributed by atoms with Crippen LogP contribution in [-0.4, -0.2) is 32.2 Å². The lowest BCUT2D eigenvalue weighted by atomic mass is 10.0. The summed E-state index contributed by atoms with van der Waals surface area (Å²) in [6, 6.07) is 15.9. The van der Waals surface area contributed by atoms with Gasteiger partial charge in [-0.25, -0.2) is 14.6 Å². The minimum atomic E-state index is 0.114. The molecule has 0 saturated carbocycles. The number of hydrogen-bond acceptors (Lipinski definition) is 5. The first-order chi connectivity index (χ1) is 14.1. The first kappa shape index (κ1) is 17.4. The summed E-state index contributed by atoms with van der Waals surface area (Å²) in [6.07, 6.45) is 2.67. The van der Waals surface area contributed by atoms with Gasteiger partial charge in [0.15, 0.2) is 5.65 Å². The zero-order valence-electron chi connectivity index (χ0n) is 16.0. The summed E-state index contributed by atoms with van der Waals surface area (Å²) in [6.45, 7) is 0.693. The van der Waals surface area contributed by atoms with E-state index in [4.69, 9.17) is 5.73 Å². The van der Waals surface area contributed by atoms with Crippen LogP contribution in [0.5, 0.6) is 0 Å². The van der Waals surface area contributed by atoms with Crippen LogP contribution in [0.2, 0.25) is 0 Å². The molecule has 0 saturated heterocycles. The molecule has 1 amide bonds. The van der Waals surface area contributed by atoms with E-state index in [0.717, 1.165) is 39.9 Å². The van der Waals surface area contributed by atoms with E-state index in [9.17, 15) is 4.79 Å². The molecule has 2 aromatic heterocycles. The van der Waals surface area contributed by atoms with Gasteiger partial charge in [0.05, 0.1) is 11.8 Å². The summed E-state index contributed by atoms with van der Waals surface area (Å²) in [5.41, 5.74) is 11.6. The number of anilines is 2. The third-order valence-electron chi connectivity index (χ3n) is 5.40. The Bertz CT molecular complexity index is 1230. The van der Waals surface area contributed by atoms with E-state index in [-0.39, 0.29) is 5.91 Å². The normalized spacial score (nSPS) is 13.1. The molecule has 0 spiro atoms. The Kier molecular flexibility index (Phi) is 4.01. The van der Waals surface area contributed by atoms with Gasteiger partial charge in [0.2, 0.25) is 5.91 Å². The Balaban J connectivity index is 1.48. The molecule has 2 aromatic carbocycles. The summed E-state index contributed by atoms with van der Waals surface area (Å²) in [4.78, 5) is 23.1. The van der Waals surface area contributed by atoms with E-state index in [1.807, 2.05) is 54.4 Å². The topological polar surface area (TPSA) is 89.9 Å². The summed E-state index contributed by atoms with van der Waals surface area (Å²) < 4.78 is 1.71. The highest BCUT2D eigenvalue weighted by Gasteiger charge is 2.26. The lowest BCUT2D eigenvalue weighted by Gasteiger charge is -2.17. The lowest BCUT2D eigenvalue weighted by molar-refractivity contribution is -0.117. The number of rotatable bonds is 3. The standard InChI is InChI=1S/C22H20N6O/c1-27-22-19(21(23)24-13-25-22)20(26-27)16-7-8-17-15(12-16)9-10-28(17)18(29)11-14-5-3-2-4-6-14/h2-8,12-13H,9-11H2,1H3,(H2,23,24,25). The monoisotopic (exact) mass is 384 g/mol. The van der Waals surface area contributed by atoms with Gasteiger partial charge in [-0.05, 0) is 29.7 Å². The van der Waals surface area contributed by atoms with Crippen LogP contribution < -0.4 is 10.6 Å². The number of amides is 1. The zero-order valence-corrected chi connectivity index (χ0v) is 16.0. The number of aromatic nitrogens is 4. The van der Waals surface area contributed by atoms with Gasteiger partial charge in [0.25, 0.3) is 0 Å². The third kappa shape index (κ3) is 2.91. The van der Waals surface area contributed by atoms with Crippen LogP contribution in [0.1, 0.15) is 11.1 Å². The largest absolute Gasteiger partial charge is 0.383 e. The zero-order chi connectivity index (χ0) is 20.0. The molecule has 29 heavy (non-hydrogen) atoms. The SMILES string of the molecule is Cn1nc(-c2ccc3c(c2)CCN3C(=O)Cc2ccccc2)c2c(N)ncnc21. The van der Waals surface area contributed by atoms with E-state index >= 15 is 0 Å². The molecule has 0 radical (unpaired) electrons. The van der Waals surface area contributed by atoms with Crippen molar-refractivity contribution in [1.82, 2.24) is 19.7 Å². The Morgan fingerprint density at radius 1 is 1.14 bits per heavy atom. The number of nitrogens with two attached hydrogens (primary N) is 1. The molecule has 7 nitrogen and oxygen atoms in total. The highest BCUT2D eigenvalue weighted by atomic mass is 16.2. The second kappa shape index (κ2) is 6.70. The van der Waals surface area contributed by atoms with Crippen LogP contribution in [0.15, 0.2) is 54.9 Å². The second-order valence-corrected chi connectivity index (χ2v) is 7.23. The van der Waals surface area contributed by atoms with Crippen LogP contribution in [0, 0.1) is 0 Å². The predicted molar refractivity (Wildman–Crippen MR) is 112 cm³/mol. The fourth-order valence-corrected chi connectivity index (χ4v) is 3.99. The fourth-order valence-electron chi connectivity index (χ4n) is 3.99. The number of fused-ring (bicyclic) bond motifs is 2. The van der Waals surface area contributed by atoms with Crippen molar-refractivity contribution in [3.63, 3.8) is 0 Å². The molecule has 3 heterocycles. The minimum absolute atomic E-state index is 0.114. The van der Waals surface area contributed by atoms with Crippen molar-refractivity contribution in [1.29, 1.82) is 0 Å². The van der Waals surface area contributed by atoms with Gasteiger partial charge in [-0.1, -0.05) is 36.4 Å². The maximum atomic E-state index is 12.8. The molecular weight excluding hydrogens is 364 g/mol. The number of aryl methyl sites for hydroxylation is 1. The van der Waals surface area contributed by atoms with Gasteiger partial charge in [-0.15, -0.1) is 0 Å². The third-order valence-corrected chi connectivity index (χ3v) is 5.40. The first-order valence-electron chi connectivity index (χ1n) is 9.52. The van der Waals surface area contributed by atoms with E-state index in [0.29, 0.717) is 24.4 Å². The molecule has 0 fully saturated rings. The lowest BCUT2D eigenvalue weighted by Crippen LogP contribution is -2.30. The molecular formula is C22H20N6O. The van der Waals surface area contributed by atoms with E-state index in [1.54, 1.807) is 4.68 Å². The highest BCUT2D eigenvalue weighted by Crippen LogP contribution is 2.35. The number of carbonyl (C=O) groups is 1. The predicted octanol–water partition coefficient (Wildman–Crippen LogP) is 2.74. The van der Waals surface area contributed by atoms with Crippen molar-refractivity contribution in [2.24, 2.45) is 7.05 Å². The second-order valence-electron chi connectivity index (χ2n) is 7.23. The van der Waals surface area contributed by atoms with Gasteiger partial charge in [0, 0.05) is 24.8 Å². The number of carbonyl (C=O) groups excluding carboxylic acids is 1. The minimum Gasteiger partial charge on any atom is -0.383 e. The van der Waals surface area contributed by atoms with Gasteiger partial charge in [0.1, 0.15) is 17.8 Å². The quantitative estimate of drug-likeness (QED) is 0.587. The fraction of sp³-hybridized carbons (Fsp3) is 0.182. The van der Waals surface area contributed by atoms with E-state index < -0.39 is 0 Å². The number of hydrogen-bond donors (Lipinski definition) is 1. The van der Waals surface area contributed by atoms with Gasteiger partial charge in [-0.3, -0.25) is 4.79 Å². The van der Waals surface area contributed by atoms with Gasteiger partial charge in [-0.2, -0.15) is 5.10 Å². The first-order valence-corrected chi connectivity index (χ1v) is 9.52. The maximum absolute atomic E-state index is 12.8. The number of nitrogens with zero attached hydrogens (tertiary/aromatic N) is 5. The molecule has 1 aliphatic rings. The average molecular weight is 384 g/mol. The molecule has 7 heteroatoms. The van der Waals surface area contributed by atoms with Crippen molar-refractivity contribution in [3.05, 3.63) is 66.0 Å². The van der Waals surface area contributed by atoms with Crippen molar-refractivity contribution >= 4 is 28.4 Å². The maximum Gasteiger partial charge on any atom is 0.231 e. The summed E-state index contributed by atoms with van der Waals surface area (Å²) in [5.74, 6) is 0.530. The van der Waals surface area contributed by atoms with E-state index in [1.165, 1.54) is 6.33 Å². The molecule has 4 aromatic rings. The van der Waals surface area contributed by atoms with Crippen LogP contribution in [0.3, 0.4) is 0 Å². The Labute approximate surface area is 167 Å². The van der Waals surface area contributed by atoms with Crippen LogP contribution >= 0.6 is 0 Å². The van der Waals surface area contributed by atoms with Crippen LogP contribution in [-0.2, 0) is 24.7 Å². The van der Waals surface area contributed by atoms with Gasteiger partial charge >= 0.3 is 0 Å². The van der Waals surface area contributed by atoms with Crippen molar-refractivity contribution in [2.45, 2.75) is 12.8 Å². The molecule has 0 aliphatic carbocycles. The number of nitrogen functional groups attached to an aromatic ring is 1. The molecule has 5 rings (SSSR count). The molecule has 0 bridgehead atoms. The Morgan fingerprint density at radius 2 is 1.97 bits per heavy atom. The summed E-state index contributed by atoms with van der Waals surface area (Å²) >= 11 is 0. The van der Waals surface area contributed by atoms with Crippen molar-refractivity contribution < 1.29 is 4.79 Å². The molecule has 1 aliphatic heterocycles. The summed E-state index contributed by atoms with van der Waals surface area (Å²) in [7, 11) is 1.84. The van der Waals surface area contributed by atoms with Gasteiger partial charge < -0.3 is 10.6 Å². The molecule has 0 unspecified atom stereocenters. The number of benzene rings is 2. The summed E-state index contributed by atoms with van der Waals surface area (Å²) in [5, 5.41) is 5.36. The molecule has 0 atom stereocenters.